The highest BCUT2D eigenvalue weighted by Gasteiger charge is 2.55. The van der Waals surface area contributed by atoms with Crippen LogP contribution in [0.1, 0.15) is 50.2 Å². The first-order valence-corrected chi connectivity index (χ1v) is 6.13. The third kappa shape index (κ3) is 1.69. The fourth-order valence-corrected chi connectivity index (χ4v) is 2.91. The van der Waals surface area contributed by atoms with Crippen molar-refractivity contribution >= 4 is 0 Å². The average Bonchev–Trinajstić information content (AvgIpc) is 3.05. The molecule has 1 aromatic rings. The van der Waals surface area contributed by atoms with Crippen molar-refractivity contribution in [2.75, 3.05) is 0 Å². The van der Waals surface area contributed by atoms with Crippen molar-refractivity contribution in [1.82, 2.24) is 0 Å². The van der Waals surface area contributed by atoms with E-state index in [1.807, 2.05) is 0 Å². The number of ether oxygens (including phenoxy) is 1. The predicted octanol–water partition coefficient (Wildman–Crippen LogP) is 3.85. The van der Waals surface area contributed by atoms with E-state index in [1.54, 1.807) is 0 Å². The van der Waals surface area contributed by atoms with Crippen LogP contribution in [0.25, 0.3) is 0 Å². The number of benzene rings is 1. The van der Waals surface area contributed by atoms with Gasteiger partial charge in [0.25, 0.3) is 0 Å². The summed E-state index contributed by atoms with van der Waals surface area (Å²) >= 11 is 0. The third-order valence-electron chi connectivity index (χ3n) is 3.83. The monoisotopic (exact) mass is 202 g/mol. The lowest BCUT2D eigenvalue weighted by molar-refractivity contribution is 0.270. The first-order valence-electron chi connectivity index (χ1n) is 6.13. The van der Waals surface area contributed by atoms with Crippen LogP contribution in [0.3, 0.4) is 0 Å². The first-order chi connectivity index (χ1) is 7.41. The molecule has 0 bridgehead atoms. The third-order valence-corrected chi connectivity index (χ3v) is 3.83. The van der Waals surface area contributed by atoms with Crippen LogP contribution in [0, 0.1) is 0 Å². The summed E-state index contributed by atoms with van der Waals surface area (Å²) in [6.45, 7) is 0. The van der Waals surface area contributed by atoms with Crippen molar-refractivity contribution in [3.05, 3.63) is 35.9 Å². The zero-order valence-electron chi connectivity index (χ0n) is 9.11. The summed E-state index contributed by atoms with van der Waals surface area (Å²) in [4.78, 5) is 0. The molecule has 3 rings (SSSR count). The molecule has 80 valence electrons. The van der Waals surface area contributed by atoms with Crippen LogP contribution in [0.15, 0.2) is 30.3 Å². The standard InChI is InChI=1S/C14H18O/c1-2-7-11-14(10-6-1)13(15-14)12-8-4-3-5-9-12/h3-5,8-9,13H,1-2,6-7,10-11H2. The lowest BCUT2D eigenvalue weighted by atomic mass is 9.92. The molecule has 1 heteroatoms. The van der Waals surface area contributed by atoms with Crippen LogP contribution < -0.4 is 0 Å². The molecule has 0 radical (unpaired) electrons. The van der Waals surface area contributed by atoms with Crippen LogP contribution in [-0.2, 0) is 4.74 Å². The molecule has 1 saturated heterocycles. The normalized spacial score (nSPS) is 28.7. The van der Waals surface area contributed by atoms with E-state index >= 15 is 0 Å². The van der Waals surface area contributed by atoms with E-state index in [-0.39, 0.29) is 5.60 Å². The fraction of sp³-hybridized carbons (Fsp3) is 0.571. The van der Waals surface area contributed by atoms with E-state index in [0.29, 0.717) is 6.10 Å². The Kier molecular flexibility index (Phi) is 2.28. The second-order valence-corrected chi connectivity index (χ2v) is 4.89. The molecule has 0 N–H and O–H groups in total. The van der Waals surface area contributed by atoms with E-state index in [1.165, 1.54) is 44.1 Å². The highest BCUT2D eigenvalue weighted by atomic mass is 16.6. The van der Waals surface area contributed by atoms with Gasteiger partial charge in [-0.3, -0.25) is 0 Å². The van der Waals surface area contributed by atoms with Gasteiger partial charge in [0.1, 0.15) is 6.10 Å². The van der Waals surface area contributed by atoms with Gasteiger partial charge >= 0.3 is 0 Å². The van der Waals surface area contributed by atoms with Gasteiger partial charge in [0.15, 0.2) is 0 Å². The fourth-order valence-electron chi connectivity index (χ4n) is 2.91. The average molecular weight is 202 g/mol. The first kappa shape index (κ1) is 9.41. The zero-order valence-corrected chi connectivity index (χ0v) is 9.11. The van der Waals surface area contributed by atoms with Crippen LogP contribution in [-0.4, -0.2) is 5.60 Å². The molecule has 2 fully saturated rings. The van der Waals surface area contributed by atoms with Crippen LogP contribution >= 0.6 is 0 Å². The van der Waals surface area contributed by atoms with Crippen LogP contribution in [0.4, 0.5) is 0 Å². The Balaban J connectivity index is 1.76. The molecule has 0 amide bonds. The summed E-state index contributed by atoms with van der Waals surface area (Å²) in [7, 11) is 0. The number of rotatable bonds is 1. The Bertz CT molecular complexity index is 322. The molecule has 1 aromatic carbocycles. The topological polar surface area (TPSA) is 12.5 Å². The quantitative estimate of drug-likeness (QED) is 0.630. The van der Waals surface area contributed by atoms with Gasteiger partial charge in [-0.2, -0.15) is 0 Å². The van der Waals surface area contributed by atoms with Crippen molar-refractivity contribution in [2.24, 2.45) is 0 Å². The maximum Gasteiger partial charge on any atom is 0.112 e. The van der Waals surface area contributed by atoms with Gasteiger partial charge in [-0.1, -0.05) is 56.0 Å². The lowest BCUT2D eigenvalue weighted by Gasteiger charge is -2.08. The van der Waals surface area contributed by atoms with Crippen molar-refractivity contribution < 1.29 is 4.74 Å². The largest absolute Gasteiger partial charge is 0.361 e. The minimum atomic E-state index is 0.234. The SMILES string of the molecule is c1ccc(C2OC23CCCCCC3)cc1. The van der Waals surface area contributed by atoms with Crippen LogP contribution in [0.5, 0.6) is 0 Å². The van der Waals surface area contributed by atoms with Crippen molar-refractivity contribution in [2.45, 2.75) is 50.2 Å². The van der Waals surface area contributed by atoms with E-state index < -0.39 is 0 Å². The summed E-state index contributed by atoms with van der Waals surface area (Å²) in [5, 5.41) is 0. The number of hydrogen-bond acceptors (Lipinski definition) is 1. The molecule has 1 aliphatic heterocycles. The Morgan fingerprint density at radius 3 is 2.27 bits per heavy atom. The van der Waals surface area contributed by atoms with E-state index in [9.17, 15) is 0 Å². The van der Waals surface area contributed by atoms with E-state index in [2.05, 4.69) is 30.3 Å². The predicted molar refractivity (Wildman–Crippen MR) is 60.7 cm³/mol. The van der Waals surface area contributed by atoms with Gasteiger partial charge < -0.3 is 4.74 Å². The molecule has 1 saturated carbocycles. The maximum absolute atomic E-state index is 6.01. The molecule has 1 atom stereocenters. The van der Waals surface area contributed by atoms with Crippen molar-refractivity contribution in [3.8, 4) is 0 Å². The second kappa shape index (κ2) is 3.64. The van der Waals surface area contributed by atoms with E-state index in [0.717, 1.165) is 0 Å². The Morgan fingerprint density at radius 1 is 0.933 bits per heavy atom. The molecular formula is C14H18O. The van der Waals surface area contributed by atoms with Gasteiger partial charge in [-0.15, -0.1) is 0 Å². The molecule has 1 unspecified atom stereocenters. The minimum absolute atomic E-state index is 0.234. The van der Waals surface area contributed by atoms with Gasteiger partial charge in [-0.25, -0.2) is 0 Å². The summed E-state index contributed by atoms with van der Waals surface area (Å²) in [6.07, 6.45) is 8.43. The van der Waals surface area contributed by atoms with Crippen molar-refractivity contribution in [1.29, 1.82) is 0 Å². The summed E-state index contributed by atoms with van der Waals surface area (Å²) in [5.74, 6) is 0. The molecule has 1 nitrogen and oxygen atoms in total. The summed E-state index contributed by atoms with van der Waals surface area (Å²) < 4.78 is 6.01. The summed E-state index contributed by atoms with van der Waals surface area (Å²) in [6, 6.07) is 10.7. The van der Waals surface area contributed by atoms with Crippen LogP contribution in [0.2, 0.25) is 0 Å². The summed E-state index contributed by atoms with van der Waals surface area (Å²) in [5.41, 5.74) is 1.61. The van der Waals surface area contributed by atoms with Gasteiger partial charge in [0, 0.05) is 0 Å². The molecular weight excluding hydrogens is 184 g/mol. The molecule has 2 aliphatic rings. The molecule has 15 heavy (non-hydrogen) atoms. The Labute approximate surface area is 91.5 Å². The highest BCUT2D eigenvalue weighted by molar-refractivity contribution is 5.26. The maximum atomic E-state index is 6.01. The smallest absolute Gasteiger partial charge is 0.112 e. The zero-order chi connectivity index (χ0) is 10.1. The molecule has 1 aliphatic carbocycles. The van der Waals surface area contributed by atoms with Gasteiger partial charge in [0.2, 0.25) is 0 Å². The van der Waals surface area contributed by atoms with Crippen molar-refractivity contribution in [3.63, 3.8) is 0 Å². The number of hydrogen-bond donors (Lipinski definition) is 0. The molecule has 0 aromatic heterocycles. The van der Waals surface area contributed by atoms with E-state index in [4.69, 9.17) is 4.74 Å². The number of epoxide rings is 1. The second-order valence-electron chi connectivity index (χ2n) is 4.89. The van der Waals surface area contributed by atoms with Gasteiger partial charge in [0.05, 0.1) is 5.60 Å². The molecule has 1 heterocycles. The minimum Gasteiger partial charge on any atom is -0.361 e. The molecule has 1 spiro atoms. The van der Waals surface area contributed by atoms with Gasteiger partial charge in [-0.05, 0) is 18.4 Å². The Morgan fingerprint density at radius 2 is 1.60 bits per heavy atom. The highest BCUT2D eigenvalue weighted by Crippen LogP contribution is 2.56. The lowest BCUT2D eigenvalue weighted by Crippen LogP contribution is -2.10. The Hall–Kier alpha value is -0.820.